The van der Waals surface area contributed by atoms with Gasteiger partial charge >= 0.3 is 0 Å². The van der Waals surface area contributed by atoms with Crippen LogP contribution >= 0.6 is 0 Å². The molecule has 4 nitrogen and oxygen atoms in total. The van der Waals surface area contributed by atoms with Crippen molar-refractivity contribution in [3.05, 3.63) is 23.5 Å². The molecule has 1 saturated carbocycles. The molecular formula is C17H27N3O. The van der Waals surface area contributed by atoms with Gasteiger partial charge in [-0.15, -0.1) is 0 Å². The number of morpholine rings is 1. The van der Waals surface area contributed by atoms with E-state index in [1.54, 1.807) is 0 Å². The highest BCUT2D eigenvalue weighted by Crippen LogP contribution is 2.28. The molecule has 0 bridgehead atoms. The Morgan fingerprint density at radius 2 is 2.24 bits per heavy atom. The predicted molar refractivity (Wildman–Crippen MR) is 85.7 cm³/mol. The normalized spacial score (nSPS) is 26.1. The molecule has 1 saturated heterocycles. The average Bonchev–Trinajstić information content (AvgIpc) is 3.30. The van der Waals surface area contributed by atoms with E-state index in [4.69, 9.17) is 4.74 Å². The molecule has 3 rings (SSSR count). The van der Waals surface area contributed by atoms with E-state index >= 15 is 0 Å². The van der Waals surface area contributed by atoms with Crippen molar-refractivity contribution in [1.29, 1.82) is 0 Å². The van der Waals surface area contributed by atoms with Gasteiger partial charge in [-0.05, 0) is 39.2 Å². The minimum absolute atomic E-state index is 0.297. The van der Waals surface area contributed by atoms with Crippen molar-refractivity contribution < 1.29 is 4.74 Å². The van der Waals surface area contributed by atoms with Gasteiger partial charge in [0.2, 0.25) is 0 Å². The van der Waals surface area contributed by atoms with Gasteiger partial charge in [-0.25, -0.2) is 0 Å². The summed E-state index contributed by atoms with van der Waals surface area (Å²) in [7, 11) is 0. The highest BCUT2D eigenvalue weighted by atomic mass is 16.5. The number of pyridine rings is 1. The number of aryl methyl sites for hydroxylation is 1. The van der Waals surface area contributed by atoms with Gasteiger partial charge in [-0.1, -0.05) is 6.92 Å². The number of hydrogen-bond donors (Lipinski definition) is 1. The number of rotatable bonds is 5. The number of nitrogens with zero attached hydrogens (tertiary/aromatic N) is 2. The zero-order chi connectivity index (χ0) is 14.8. The first-order chi connectivity index (χ1) is 10.2. The molecular weight excluding hydrogens is 262 g/mol. The van der Waals surface area contributed by atoms with Gasteiger partial charge in [0.25, 0.3) is 0 Å². The van der Waals surface area contributed by atoms with Crippen molar-refractivity contribution in [2.45, 2.75) is 64.8 Å². The summed E-state index contributed by atoms with van der Waals surface area (Å²) >= 11 is 0. The molecule has 1 N–H and O–H groups in total. The number of nitrogens with one attached hydrogen (secondary N) is 1. The second kappa shape index (κ2) is 6.32. The molecule has 2 heterocycles. The van der Waals surface area contributed by atoms with Crippen LogP contribution in [0.3, 0.4) is 0 Å². The van der Waals surface area contributed by atoms with Gasteiger partial charge in [-0.3, -0.25) is 4.98 Å². The first-order valence-electron chi connectivity index (χ1n) is 8.24. The van der Waals surface area contributed by atoms with E-state index < -0.39 is 0 Å². The molecule has 21 heavy (non-hydrogen) atoms. The van der Waals surface area contributed by atoms with Crippen LogP contribution in [0.2, 0.25) is 0 Å². The second-order valence-corrected chi connectivity index (χ2v) is 6.47. The summed E-state index contributed by atoms with van der Waals surface area (Å²) in [5.74, 6) is 0. The Labute approximate surface area is 127 Å². The summed E-state index contributed by atoms with van der Waals surface area (Å²) in [6.45, 7) is 9.21. The third-order valence-electron chi connectivity index (χ3n) is 4.51. The molecule has 2 unspecified atom stereocenters. The zero-order valence-corrected chi connectivity index (χ0v) is 13.4. The molecule has 0 amide bonds. The summed E-state index contributed by atoms with van der Waals surface area (Å²) in [6, 6.07) is 3.44. The summed E-state index contributed by atoms with van der Waals surface area (Å²) in [4.78, 5) is 7.04. The van der Waals surface area contributed by atoms with Crippen molar-refractivity contribution in [3.63, 3.8) is 0 Å². The fourth-order valence-corrected chi connectivity index (χ4v) is 3.00. The molecule has 0 spiro atoms. The van der Waals surface area contributed by atoms with Crippen LogP contribution < -0.4 is 10.2 Å². The molecule has 1 aliphatic heterocycles. The van der Waals surface area contributed by atoms with Crippen molar-refractivity contribution in [1.82, 2.24) is 10.3 Å². The maximum absolute atomic E-state index is 5.84. The van der Waals surface area contributed by atoms with E-state index in [0.717, 1.165) is 37.9 Å². The van der Waals surface area contributed by atoms with Crippen LogP contribution in [0.15, 0.2) is 12.3 Å². The molecule has 1 aromatic rings. The Morgan fingerprint density at radius 1 is 1.43 bits per heavy atom. The smallest absolute Gasteiger partial charge is 0.0723 e. The van der Waals surface area contributed by atoms with Crippen molar-refractivity contribution >= 4 is 5.69 Å². The van der Waals surface area contributed by atoms with Crippen LogP contribution in [-0.2, 0) is 11.3 Å². The third-order valence-corrected chi connectivity index (χ3v) is 4.51. The Kier molecular flexibility index (Phi) is 4.45. The molecule has 0 radical (unpaired) electrons. The van der Waals surface area contributed by atoms with E-state index in [9.17, 15) is 0 Å². The van der Waals surface area contributed by atoms with Crippen LogP contribution in [0.4, 0.5) is 5.69 Å². The molecule has 2 fully saturated rings. The highest BCUT2D eigenvalue weighted by molar-refractivity contribution is 5.55. The monoisotopic (exact) mass is 289 g/mol. The fourth-order valence-electron chi connectivity index (χ4n) is 3.00. The Morgan fingerprint density at radius 3 is 2.95 bits per heavy atom. The van der Waals surface area contributed by atoms with Gasteiger partial charge in [-0.2, -0.15) is 0 Å². The minimum Gasteiger partial charge on any atom is -0.375 e. The molecule has 1 aromatic heterocycles. The molecule has 0 aromatic carbocycles. The van der Waals surface area contributed by atoms with Crippen molar-refractivity contribution in [2.75, 3.05) is 18.1 Å². The van der Waals surface area contributed by atoms with Crippen LogP contribution in [-0.4, -0.2) is 36.3 Å². The number of ether oxygens (including phenoxy) is 1. The molecule has 2 atom stereocenters. The third kappa shape index (κ3) is 3.55. The van der Waals surface area contributed by atoms with Gasteiger partial charge in [0.15, 0.2) is 0 Å². The first-order valence-corrected chi connectivity index (χ1v) is 8.24. The summed E-state index contributed by atoms with van der Waals surface area (Å²) in [5.41, 5.74) is 3.76. The molecule has 1 aliphatic carbocycles. The molecule has 116 valence electrons. The van der Waals surface area contributed by atoms with E-state index in [-0.39, 0.29) is 0 Å². The maximum Gasteiger partial charge on any atom is 0.0723 e. The van der Waals surface area contributed by atoms with Gasteiger partial charge in [0.05, 0.1) is 18.8 Å². The lowest BCUT2D eigenvalue weighted by molar-refractivity contribution is 0.0299. The fraction of sp³-hybridized carbons (Fsp3) is 0.706. The van der Waals surface area contributed by atoms with Gasteiger partial charge in [0.1, 0.15) is 0 Å². The maximum atomic E-state index is 5.84. The van der Waals surface area contributed by atoms with Crippen molar-refractivity contribution in [2.24, 2.45) is 0 Å². The molecule has 2 aliphatic rings. The highest BCUT2D eigenvalue weighted by Gasteiger charge is 2.28. The van der Waals surface area contributed by atoms with Crippen LogP contribution in [0.25, 0.3) is 0 Å². The largest absolute Gasteiger partial charge is 0.375 e. The minimum atomic E-state index is 0.297. The quantitative estimate of drug-likeness (QED) is 0.904. The van der Waals surface area contributed by atoms with E-state index in [1.165, 1.54) is 24.1 Å². The SMILES string of the molecule is CCC1COC(C)CN1c1cc(C)ncc1CNC1CC1. The summed E-state index contributed by atoms with van der Waals surface area (Å²) in [6.07, 6.45) is 6.10. The zero-order valence-electron chi connectivity index (χ0n) is 13.4. The second-order valence-electron chi connectivity index (χ2n) is 6.47. The standard InChI is InChI=1S/C17H27N3O/c1-4-16-11-21-13(3)10-20(16)17-7-12(2)18-8-14(17)9-19-15-5-6-15/h7-8,13,15-16,19H,4-6,9-11H2,1-3H3. The van der Waals surface area contributed by atoms with E-state index in [2.05, 4.69) is 42.0 Å². The van der Waals surface area contributed by atoms with Gasteiger partial charge < -0.3 is 15.0 Å². The van der Waals surface area contributed by atoms with E-state index in [1.807, 2.05) is 6.20 Å². The average molecular weight is 289 g/mol. The Balaban J connectivity index is 1.84. The molecule has 4 heteroatoms. The Hall–Kier alpha value is -1.13. The first kappa shape index (κ1) is 14.8. The summed E-state index contributed by atoms with van der Waals surface area (Å²) in [5, 5.41) is 3.62. The van der Waals surface area contributed by atoms with Crippen LogP contribution in [0.1, 0.15) is 44.4 Å². The lowest BCUT2D eigenvalue weighted by Gasteiger charge is -2.41. The Bertz CT molecular complexity index is 487. The number of aromatic nitrogens is 1. The van der Waals surface area contributed by atoms with E-state index in [0.29, 0.717) is 12.1 Å². The lowest BCUT2D eigenvalue weighted by atomic mass is 10.1. The van der Waals surface area contributed by atoms with Gasteiger partial charge in [0, 0.05) is 42.3 Å². The predicted octanol–water partition coefficient (Wildman–Crippen LogP) is 2.65. The lowest BCUT2D eigenvalue weighted by Crippen LogP contribution is -2.49. The van der Waals surface area contributed by atoms with Crippen molar-refractivity contribution in [3.8, 4) is 0 Å². The number of anilines is 1. The summed E-state index contributed by atoms with van der Waals surface area (Å²) < 4.78 is 5.84. The number of hydrogen-bond acceptors (Lipinski definition) is 4. The van der Waals surface area contributed by atoms with Crippen LogP contribution in [0.5, 0.6) is 0 Å². The topological polar surface area (TPSA) is 37.4 Å². The van der Waals surface area contributed by atoms with Crippen LogP contribution in [0, 0.1) is 6.92 Å².